The molecule has 4 fully saturated rings. The molecule has 4 rings (SSSR count). The topological polar surface area (TPSA) is 362 Å². The number of rotatable bonds is 10. The molecule has 0 aromatic rings. The van der Waals surface area contributed by atoms with Gasteiger partial charge in [-0.2, -0.15) is 0 Å². The maximum Gasteiger partial charge on any atom is 0.315 e. The number of carbonyl (C=O) groups excluding carboxylic acids is 1. The second kappa shape index (κ2) is 16.5. The van der Waals surface area contributed by atoms with Gasteiger partial charge in [-0.1, -0.05) is 0 Å². The number of hydrogen-bond donors (Lipinski definition) is 14. The highest BCUT2D eigenvalue weighted by Gasteiger charge is 2.55. The third kappa shape index (κ3) is 8.96. The molecule has 286 valence electrons. The minimum absolute atomic E-state index is 0.00208. The Labute approximate surface area is 282 Å². The first-order valence-electron chi connectivity index (χ1n) is 16.2. The molecule has 21 heteroatoms. The lowest BCUT2D eigenvalue weighted by Crippen LogP contribution is -2.69. The number of ether oxygens (including phenoxy) is 6. The Balaban J connectivity index is 1.55. The van der Waals surface area contributed by atoms with Crippen molar-refractivity contribution in [2.45, 2.75) is 149 Å². The fraction of sp³-hybridized carbons (Fsp3) is 0.964. The lowest BCUT2D eigenvalue weighted by molar-refractivity contribution is -0.312. The normalized spacial score (nSPS) is 47.9. The molecule has 3 aliphatic heterocycles. The summed E-state index contributed by atoms with van der Waals surface area (Å²) >= 11 is 0. The zero-order valence-electron chi connectivity index (χ0n) is 27.5. The van der Waals surface area contributed by atoms with Crippen molar-refractivity contribution in [2.24, 2.45) is 22.9 Å². The van der Waals surface area contributed by atoms with Crippen LogP contribution in [0.2, 0.25) is 0 Å². The molecule has 1 saturated carbocycles. The first kappa shape index (κ1) is 40.3. The van der Waals surface area contributed by atoms with Crippen molar-refractivity contribution in [3.05, 3.63) is 0 Å². The van der Waals surface area contributed by atoms with Crippen LogP contribution in [0.4, 0.5) is 4.79 Å². The van der Waals surface area contributed by atoms with E-state index in [1.807, 2.05) is 0 Å². The van der Waals surface area contributed by atoms with Gasteiger partial charge in [0.1, 0.15) is 73.2 Å². The number of nitrogens with two attached hydrogens (primary N) is 4. The molecule has 18 N–H and O–H groups in total. The molecular weight excluding hydrogens is 660 g/mol. The van der Waals surface area contributed by atoms with Crippen molar-refractivity contribution < 1.29 is 74.1 Å². The lowest BCUT2D eigenvalue weighted by atomic mass is 9.84. The Morgan fingerprint density at radius 1 is 0.694 bits per heavy atom. The van der Waals surface area contributed by atoms with Crippen LogP contribution in [-0.4, -0.2) is 188 Å². The zero-order valence-corrected chi connectivity index (χ0v) is 27.5. The molecule has 49 heavy (non-hydrogen) atoms. The SMILES string of the molecule is CC(C)(C)NC(=O)N[C@H]1[C@H](O[C@H]2[C@H](O[C@@H]3O[C@H](CO)[C@@H](O[C@H]4OC(CN)[C@@H](O)[C@H](O)[C@H]4N)[C@H]3O)[C@@H](O)[C@H](N)C[C@@H]2N)O[C@H](CO)[C@@H](O)[C@@H]1O. The first-order valence-corrected chi connectivity index (χ1v) is 16.2. The summed E-state index contributed by atoms with van der Waals surface area (Å²) in [5.74, 6) is 0. The van der Waals surface area contributed by atoms with Crippen LogP contribution in [0.1, 0.15) is 27.2 Å². The van der Waals surface area contributed by atoms with Crippen LogP contribution in [-0.2, 0) is 28.4 Å². The number of aliphatic hydroxyl groups is 8. The van der Waals surface area contributed by atoms with Crippen molar-refractivity contribution in [3.8, 4) is 0 Å². The van der Waals surface area contributed by atoms with E-state index in [-0.39, 0.29) is 13.0 Å². The Morgan fingerprint density at radius 3 is 1.84 bits per heavy atom. The number of carbonyl (C=O) groups is 1. The monoisotopic (exact) mass is 714 g/mol. The molecule has 2 amide bonds. The minimum Gasteiger partial charge on any atom is -0.394 e. The summed E-state index contributed by atoms with van der Waals surface area (Å²) in [4.78, 5) is 12.8. The van der Waals surface area contributed by atoms with Crippen molar-refractivity contribution in [2.75, 3.05) is 19.8 Å². The van der Waals surface area contributed by atoms with E-state index in [1.54, 1.807) is 20.8 Å². The molecule has 0 bridgehead atoms. The molecule has 19 atom stereocenters. The number of urea groups is 1. The van der Waals surface area contributed by atoms with Gasteiger partial charge in [-0.15, -0.1) is 0 Å². The summed E-state index contributed by atoms with van der Waals surface area (Å²) in [7, 11) is 0. The van der Waals surface area contributed by atoms with Crippen LogP contribution in [0, 0.1) is 0 Å². The second-order valence-corrected chi connectivity index (χ2v) is 14.0. The molecule has 21 nitrogen and oxygen atoms in total. The Morgan fingerprint density at radius 2 is 1.24 bits per heavy atom. The van der Waals surface area contributed by atoms with Crippen molar-refractivity contribution in [1.82, 2.24) is 10.6 Å². The molecule has 0 spiro atoms. The van der Waals surface area contributed by atoms with Crippen molar-refractivity contribution in [1.29, 1.82) is 0 Å². The van der Waals surface area contributed by atoms with E-state index >= 15 is 0 Å². The van der Waals surface area contributed by atoms with Crippen molar-refractivity contribution >= 4 is 6.03 Å². The standard InChI is InChI=1S/C28H54N6O15/c1-28(2,3)34-27(43)33-14-19(41)17(39)11(6-35)45-25(14)47-21-9(31)4-8(30)15(37)23(21)49-26-20(42)22(12(7-36)46-26)48-24-13(32)18(40)16(38)10(5-29)44-24/h8-26,35-42H,4-7,29-32H2,1-3H3,(H2,33,34,43)/t8-,9+,10?,11-,12-,13-,14-,15+,16-,17-,18-,19-,20-,21-,22-,23-,24-,25+,26+/m1/s1. The molecule has 3 saturated heterocycles. The molecule has 4 aliphatic rings. The van der Waals surface area contributed by atoms with E-state index in [0.29, 0.717) is 0 Å². The summed E-state index contributed by atoms with van der Waals surface area (Å²) in [5, 5.41) is 89.5. The van der Waals surface area contributed by atoms with E-state index in [0.717, 1.165) is 0 Å². The quantitative estimate of drug-likeness (QED) is 0.0998. The van der Waals surface area contributed by atoms with Gasteiger partial charge < -0.3 is 103 Å². The molecule has 1 unspecified atom stereocenters. The predicted octanol–water partition coefficient (Wildman–Crippen LogP) is -7.72. The Bertz CT molecular complexity index is 1080. The van der Waals surface area contributed by atoms with Crippen LogP contribution in [0.5, 0.6) is 0 Å². The summed E-state index contributed by atoms with van der Waals surface area (Å²) in [6.07, 6.45) is -21.7. The molecule has 0 radical (unpaired) electrons. The van der Waals surface area contributed by atoms with E-state index in [4.69, 9.17) is 51.4 Å². The average Bonchev–Trinajstić information content (AvgIpc) is 3.33. The summed E-state index contributed by atoms with van der Waals surface area (Å²) in [5.41, 5.74) is 23.5. The van der Waals surface area contributed by atoms with Gasteiger partial charge in [0, 0.05) is 24.2 Å². The fourth-order valence-corrected chi connectivity index (χ4v) is 6.35. The van der Waals surface area contributed by atoms with Crippen molar-refractivity contribution in [3.63, 3.8) is 0 Å². The largest absolute Gasteiger partial charge is 0.394 e. The van der Waals surface area contributed by atoms with Gasteiger partial charge in [0.2, 0.25) is 0 Å². The van der Waals surface area contributed by atoms with Gasteiger partial charge in [-0.25, -0.2) is 4.79 Å². The summed E-state index contributed by atoms with van der Waals surface area (Å²) in [6.45, 7) is 3.54. The fourth-order valence-electron chi connectivity index (χ4n) is 6.35. The average molecular weight is 715 g/mol. The van der Waals surface area contributed by atoms with Gasteiger partial charge in [-0.3, -0.25) is 0 Å². The number of amides is 2. The Hall–Kier alpha value is -1.45. The highest BCUT2D eigenvalue weighted by Crippen LogP contribution is 2.34. The van der Waals surface area contributed by atoms with E-state index < -0.39 is 141 Å². The van der Waals surface area contributed by atoms with E-state index in [1.165, 1.54) is 0 Å². The van der Waals surface area contributed by atoms with Crippen LogP contribution in [0.15, 0.2) is 0 Å². The van der Waals surface area contributed by atoms with Gasteiger partial charge in [-0.05, 0) is 27.2 Å². The van der Waals surface area contributed by atoms with E-state index in [2.05, 4.69) is 10.6 Å². The predicted molar refractivity (Wildman–Crippen MR) is 164 cm³/mol. The maximum atomic E-state index is 12.8. The van der Waals surface area contributed by atoms with Gasteiger partial charge >= 0.3 is 6.03 Å². The molecule has 3 heterocycles. The lowest BCUT2D eigenvalue weighted by Gasteiger charge is -2.48. The second-order valence-electron chi connectivity index (χ2n) is 14.0. The van der Waals surface area contributed by atoms with Crippen LogP contribution in [0.25, 0.3) is 0 Å². The number of nitrogens with one attached hydrogen (secondary N) is 2. The van der Waals surface area contributed by atoms with Crippen LogP contribution in [0.3, 0.4) is 0 Å². The smallest absolute Gasteiger partial charge is 0.315 e. The zero-order chi connectivity index (χ0) is 36.5. The highest BCUT2D eigenvalue weighted by molar-refractivity contribution is 5.75. The first-order chi connectivity index (χ1) is 22.9. The number of hydrogen-bond acceptors (Lipinski definition) is 19. The van der Waals surface area contributed by atoms with E-state index in [9.17, 15) is 45.6 Å². The van der Waals surface area contributed by atoms with Crippen LogP contribution >= 0.6 is 0 Å². The molecular formula is C28H54N6O15. The maximum absolute atomic E-state index is 12.8. The molecule has 0 aromatic heterocycles. The van der Waals surface area contributed by atoms with Gasteiger partial charge in [0.05, 0.1) is 25.4 Å². The summed E-state index contributed by atoms with van der Waals surface area (Å²) in [6, 6.07) is -5.36. The van der Waals surface area contributed by atoms with Gasteiger partial charge in [0.15, 0.2) is 18.9 Å². The van der Waals surface area contributed by atoms with Gasteiger partial charge in [0.25, 0.3) is 0 Å². The third-order valence-electron chi connectivity index (χ3n) is 9.06. The number of aliphatic hydroxyl groups excluding tert-OH is 8. The molecule has 0 aromatic carbocycles. The third-order valence-corrected chi connectivity index (χ3v) is 9.06. The Kier molecular flexibility index (Phi) is 13.6. The highest BCUT2D eigenvalue weighted by atomic mass is 16.8. The van der Waals surface area contributed by atoms with Crippen LogP contribution < -0.4 is 33.6 Å². The minimum atomic E-state index is -1.69. The summed E-state index contributed by atoms with van der Waals surface area (Å²) < 4.78 is 35.1. The molecule has 1 aliphatic carbocycles.